The van der Waals surface area contributed by atoms with Crippen LogP contribution in [0.25, 0.3) is 0 Å². The number of anilines is 1. The highest BCUT2D eigenvalue weighted by Crippen LogP contribution is 2.38. The molecule has 148 valence electrons. The Kier molecular flexibility index (Phi) is 6.85. The number of nitrogens with one attached hydrogen (secondary N) is 2. The molecule has 1 heterocycles. The van der Waals surface area contributed by atoms with E-state index in [1.54, 1.807) is 0 Å². The number of hydrogen-bond donors (Lipinski definition) is 3. The summed E-state index contributed by atoms with van der Waals surface area (Å²) in [6.07, 6.45) is 7.50. The van der Waals surface area contributed by atoms with Gasteiger partial charge in [0, 0.05) is 25.3 Å². The summed E-state index contributed by atoms with van der Waals surface area (Å²) in [5.74, 6) is -0.0491. The number of ether oxygens (including phenoxy) is 1. The molecular formula is C21H31N3O3. The third kappa shape index (κ3) is 5.53. The number of carbonyl (C=O) groups is 2. The predicted octanol–water partition coefficient (Wildman–Crippen LogP) is 2.72. The van der Waals surface area contributed by atoms with Crippen LogP contribution < -0.4 is 16.4 Å². The maximum Gasteiger partial charge on any atom is 0.253 e. The van der Waals surface area contributed by atoms with E-state index in [-0.39, 0.29) is 23.3 Å². The fraction of sp³-hybridized carbons (Fsp3) is 0.619. The zero-order valence-electron chi connectivity index (χ0n) is 16.0. The van der Waals surface area contributed by atoms with Gasteiger partial charge in [0.25, 0.3) is 5.91 Å². The van der Waals surface area contributed by atoms with Crippen molar-refractivity contribution in [1.82, 2.24) is 5.32 Å². The Morgan fingerprint density at radius 2 is 2.00 bits per heavy atom. The summed E-state index contributed by atoms with van der Waals surface area (Å²) in [5.41, 5.74) is 7.64. The van der Waals surface area contributed by atoms with Crippen LogP contribution in [0.1, 0.15) is 56.9 Å². The lowest BCUT2D eigenvalue weighted by Gasteiger charge is -2.35. The van der Waals surface area contributed by atoms with Gasteiger partial charge in [0.1, 0.15) is 6.10 Å². The molecule has 1 atom stereocenters. The van der Waals surface area contributed by atoms with Crippen molar-refractivity contribution in [3.05, 3.63) is 29.8 Å². The molecule has 2 amide bonds. The molecule has 0 spiro atoms. The monoisotopic (exact) mass is 373 g/mol. The molecule has 0 aromatic heterocycles. The summed E-state index contributed by atoms with van der Waals surface area (Å²) in [5, 5.41) is 5.91. The topological polar surface area (TPSA) is 93.5 Å². The highest BCUT2D eigenvalue weighted by atomic mass is 16.5. The van der Waals surface area contributed by atoms with Crippen molar-refractivity contribution in [3.63, 3.8) is 0 Å². The van der Waals surface area contributed by atoms with Crippen LogP contribution >= 0.6 is 0 Å². The maximum absolute atomic E-state index is 12.4. The fourth-order valence-corrected chi connectivity index (χ4v) is 4.12. The van der Waals surface area contributed by atoms with E-state index in [9.17, 15) is 9.59 Å². The van der Waals surface area contributed by atoms with Crippen LogP contribution in [0.5, 0.6) is 0 Å². The number of carbonyl (C=O) groups excluding carboxylic acids is 2. The van der Waals surface area contributed by atoms with Crippen molar-refractivity contribution in [1.29, 1.82) is 0 Å². The van der Waals surface area contributed by atoms with E-state index in [1.807, 2.05) is 24.3 Å². The van der Waals surface area contributed by atoms with E-state index < -0.39 is 0 Å². The van der Waals surface area contributed by atoms with Gasteiger partial charge in [-0.3, -0.25) is 9.59 Å². The van der Waals surface area contributed by atoms with Crippen molar-refractivity contribution in [2.45, 2.75) is 64.0 Å². The summed E-state index contributed by atoms with van der Waals surface area (Å²) in [7, 11) is 0. The molecule has 0 bridgehead atoms. The normalized spacial score (nSPS) is 21.6. The molecule has 0 radical (unpaired) electrons. The summed E-state index contributed by atoms with van der Waals surface area (Å²) in [4.78, 5) is 24.6. The standard InChI is InChI=1S/C21H31N3O3/c22-15-21(9-2-1-3-10-21)13-19(25)23-14-16-6-4-7-17(12-16)24-20(26)18-8-5-11-27-18/h4,6-7,12,18H,1-3,5,8-11,13-15,22H2,(H,23,25)(H,24,26). The molecule has 1 aliphatic carbocycles. The molecular weight excluding hydrogens is 342 g/mol. The second kappa shape index (κ2) is 9.33. The van der Waals surface area contributed by atoms with Gasteiger partial charge >= 0.3 is 0 Å². The highest BCUT2D eigenvalue weighted by Gasteiger charge is 2.32. The van der Waals surface area contributed by atoms with Crippen LogP contribution in [-0.2, 0) is 20.9 Å². The van der Waals surface area contributed by atoms with Crippen LogP contribution in [0, 0.1) is 5.41 Å². The minimum Gasteiger partial charge on any atom is -0.368 e. The molecule has 1 saturated carbocycles. The first kappa shape index (κ1) is 19.8. The molecule has 1 aromatic carbocycles. The van der Waals surface area contributed by atoms with Gasteiger partial charge in [0.05, 0.1) is 0 Å². The second-order valence-corrected chi connectivity index (χ2v) is 7.91. The number of nitrogens with two attached hydrogens (primary N) is 1. The van der Waals surface area contributed by atoms with Gasteiger partial charge in [-0.25, -0.2) is 0 Å². The Bertz CT molecular complexity index is 650. The Morgan fingerprint density at radius 3 is 2.70 bits per heavy atom. The summed E-state index contributed by atoms with van der Waals surface area (Å²) in [6, 6.07) is 7.58. The molecule has 6 heteroatoms. The Morgan fingerprint density at radius 1 is 1.19 bits per heavy atom. The Labute approximate surface area is 161 Å². The Balaban J connectivity index is 1.50. The first-order valence-corrected chi connectivity index (χ1v) is 10.1. The minimum atomic E-state index is -0.351. The van der Waals surface area contributed by atoms with Crippen LogP contribution in [-0.4, -0.2) is 31.1 Å². The lowest BCUT2D eigenvalue weighted by atomic mass is 9.71. The van der Waals surface area contributed by atoms with Crippen LogP contribution in [0.4, 0.5) is 5.69 Å². The summed E-state index contributed by atoms with van der Waals surface area (Å²) >= 11 is 0. The zero-order valence-corrected chi connectivity index (χ0v) is 16.0. The van der Waals surface area contributed by atoms with E-state index in [0.717, 1.165) is 49.8 Å². The fourth-order valence-electron chi connectivity index (χ4n) is 4.12. The largest absolute Gasteiger partial charge is 0.368 e. The van der Waals surface area contributed by atoms with Gasteiger partial charge in [-0.05, 0) is 55.3 Å². The molecule has 1 saturated heterocycles. The van der Waals surface area contributed by atoms with E-state index in [0.29, 0.717) is 26.1 Å². The van der Waals surface area contributed by atoms with Crippen molar-refractivity contribution < 1.29 is 14.3 Å². The molecule has 3 rings (SSSR count). The van der Waals surface area contributed by atoms with Crippen molar-refractivity contribution in [2.75, 3.05) is 18.5 Å². The molecule has 6 nitrogen and oxygen atoms in total. The van der Waals surface area contributed by atoms with E-state index >= 15 is 0 Å². The highest BCUT2D eigenvalue weighted by molar-refractivity contribution is 5.94. The van der Waals surface area contributed by atoms with Crippen LogP contribution in [0.3, 0.4) is 0 Å². The first-order valence-electron chi connectivity index (χ1n) is 10.1. The van der Waals surface area contributed by atoms with Crippen molar-refractivity contribution in [3.8, 4) is 0 Å². The minimum absolute atomic E-state index is 0.0283. The molecule has 1 aliphatic heterocycles. The summed E-state index contributed by atoms with van der Waals surface area (Å²) < 4.78 is 5.41. The van der Waals surface area contributed by atoms with E-state index in [1.165, 1.54) is 6.42 Å². The molecule has 27 heavy (non-hydrogen) atoms. The first-order chi connectivity index (χ1) is 13.1. The molecule has 4 N–H and O–H groups in total. The SMILES string of the molecule is NCC1(CC(=O)NCc2cccc(NC(=O)C3CCCO3)c2)CCCCC1. The lowest BCUT2D eigenvalue weighted by molar-refractivity contribution is -0.125. The van der Waals surface area contributed by atoms with Gasteiger partial charge < -0.3 is 21.1 Å². The molecule has 2 aliphatic rings. The number of benzene rings is 1. The summed E-state index contributed by atoms with van der Waals surface area (Å²) in [6.45, 7) is 1.67. The predicted molar refractivity (Wildman–Crippen MR) is 105 cm³/mol. The van der Waals surface area contributed by atoms with Gasteiger partial charge in [-0.2, -0.15) is 0 Å². The second-order valence-electron chi connectivity index (χ2n) is 7.91. The van der Waals surface area contributed by atoms with Gasteiger partial charge in [-0.15, -0.1) is 0 Å². The maximum atomic E-state index is 12.4. The molecule has 1 unspecified atom stereocenters. The average Bonchev–Trinajstić information content (AvgIpc) is 3.22. The lowest BCUT2D eigenvalue weighted by Crippen LogP contribution is -2.38. The third-order valence-corrected chi connectivity index (χ3v) is 5.79. The van der Waals surface area contributed by atoms with Gasteiger partial charge in [0.2, 0.25) is 5.91 Å². The quantitative estimate of drug-likeness (QED) is 0.685. The van der Waals surface area contributed by atoms with Crippen molar-refractivity contribution in [2.24, 2.45) is 11.1 Å². The van der Waals surface area contributed by atoms with Crippen LogP contribution in [0.2, 0.25) is 0 Å². The number of amides is 2. The van der Waals surface area contributed by atoms with Gasteiger partial charge in [0.15, 0.2) is 0 Å². The average molecular weight is 373 g/mol. The van der Waals surface area contributed by atoms with Crippen LogP contribution in [0.15, 0.2) is 24.3 Å². The zero-order chi connectivity index (χ0) is 19.1. The van der Waals surface area contributed by atoms with E-state index in [2.05, 4.69) is 10.6 Å². The smallest absolute Gasteiger partial charge is 0.253 e. The van der Waals surface area contributed by atoms with E-state index in [4.69, 9.17) is 10.5 Å². The van der Waals surface area contributed by atoms with Crippen molar-refractivity contribution >= 4 is 17.5 Å². The third-order valence-electron chi connectivity index (χ3n) is 5.79. The molecule has 2 fully saturated rings. The Hall–Kier alpha value is -1.92. The molecule has 1 aromatic rings. The number of rotatable bonds is 7. The number of hydrogen-bond acceptors (Lipinski definition) is 4. The van der Waals surface area contributed by atoms with Gasteiger partial charge in [-0.1, -0.05) is 31.4 Å².